The maximum absolute atomic E-state index is 13.5. The van der Waals surface area contributed by atoms with Gasteiger partial charge in [-0.2, -0.15) is 0 Å². The average Bonchev–Trinajstić information content (AvgIpc) is 2.58. The van der Waals surface area contributed by atoms with E-state index in [9.17, 15) is 14.0 Å². The van der Waals surface area contributed by atoms with Gasteiger partial charge >= 0.3 is 0 Å². The molecule has 1 amide bonds. The number of aromatic nitrogens is 1. The van der Waals surface area contributed by atoms with Crippen molar-refractivity contribution in [3.8, 4) is 0 Å². The third kappa shape index (κ3) is 3.42. The molecule has 0 radical (unpaired) electrons. The van der Waals surface area contributed by atoms with Crippen LogP contribution in [0.1, 0.15) is 28.9 Å². The van der Waals surface area contributed by atoms with Crippen LogP contribution in [0.3, 0.4) is 0 Å². The molecule has 0 bridgehead atoms. The van der Waals surface area contributed by atoms with Crippen LogP contribution in [0.25, 0.3) is 10.9 Å². The second-order valence-electron chi connectivity index (χ2n) is 5.89. The minimum absolute atomic E-state index is 0.0265. The van der Waals surface area contributed by atoms with Crippen LogP contribution in [0.2, 0.25) is 5.02 Å². The maximum atomic E-state index is 13.5. The van der Waals surface area contributed by atoms with Crippen LogP contribution in [-0.2, 0) is 7.05 Å². The number of pyridine rings is 1. The van der Waals surface area contributed by atoms with E-state index in [4.69, 9.17) is 11.6 Å². The van der Waals surface area contributed by atoms with Gasteiger partial charge in [-0.25, -0.2) is 4.39 Å². The number of aryl methyl sites for hydroxylation is 1. The number of benzene rings is 2. The van der Waals surface area contributed by atoms with Gasteiger partial charge < -0.3 is 9.88 Å². The second-order valence-corrected chi connectivity index (χ2v) is 6.33. The molecule has 1 atom stereocenters. The van der Waals surface area contributed by atoms with Crippen molar-refractivity contribution in [1.82, 2.24) is 9.88 Å². The van der Waals surface area contributed by atoms with Gasteiger partial charge in [-0.1, -0.05) is 23.7 Å². The molecule has 3 rings (SSSR count). The first-order chi connectivity index (χ1) is 11.9. The highest BCUT2D eigenvalue weighted by Crippen LogP contribution is 2.17. The molecular formula is C19H16ClFN2O2. The number of amides is 1. The van der Waals surface area contributed by atoms with Gasteiger partial charge in [0.25, 0.3) is 5.91 Å². The number of hydrogen-bond acceptors (Lipinski definition) is 2. The lowest BCUT2D eigenvalue weighted by Crippen LogP contribution is -2.31. The fourth-order valence-electron chi connectivity index (χ4n) is 2.74. The highest BCUT2D eigenvalue weighted by atomic mass is 35.5. The lowest BCUT2D eigenvalue weighted by Gasteiger charge is -2.15. The Balaban J connectivity index is 1.95. The zero-order valence-electron chi connectivity index (χ0n) is 13.7. The first-order valence-electron chi connectivity index (χ1n) is 7.72. The van der Waals surface area contributed by atoms with Crippen LogP contribution < -0.4 is 10.7 Å². The molecule has 0 fully saturated rings. The van der Waals surface area contributed by atoms with Gasteiger partial charge in [-0.05, 0) is 42.8 Å². The summed E-state index contributed by atoms with van der Waals surface area (Å²) < 4.78 is 15.1. The molecule has 1 aromatic heterocycles. The Labute approximate surface area is 148 Å². The predicted octanol–water partition coefficient (Wildman–Crippen LogP) is 3.82. The van der Waals surface area contributed by atoms with Gasteiger partial charge in [-0.3, -0.25) is 9.59 Å². The van der Waals surface area contributed by atoms with Gasteiger partial charge in [0.1, 0.15) is 11.4 Å². The largest absolute Gasteiger partial charge is 0.350 e. The zero-order chi connectivity index (χ0) is 18.1. The summed E-state index contributed by atoms with van der Waals surface area (Å²) >= 11 is 5.86. The van der Waals surface area contributed by atoms with Gasteiger partial charge in [0.15, 0.2) is 0 Å². The van der Waals surface area contributed by atoms with E-state index in [1.807, 2.05) is 6.92 Å². The zero-order valence-corrected chi connectivity index (χ0v) is 14.5. The monoisotopic (exact) mass is 358 g/mol. The van der Waals surface area contributed by atoms with Crippen molar-refractivity contribution in [3.05, 3.63) is 80.9 Å². The number of fused-ring (bicyclic) bond motifs is 1. The number of carbonyl (C=O) groups excluding carboxylic acids is 1. The predicted molar refractivity (Wildman–Crippen MR) is 96.5 cm³/mol. The number of rotatable bonds is 3. The number of nitrogens with one attached hydrogen (secondary N) is 1. The maximum Gasteiger partial charge on any atom is 0.257 e. The molecule has 1 heterocycles. The Hall–Kier alpha value is -2.66. The summed E-state index contributed by atoms with van der Waals surface area (Å²) in [5, 5.41) is 3.57. The summed E-state index contributed by atoms with van der Waals surface area (Å²) in [6, 6.07) is 10.7. The number of hydrogen-bond donors (Lipinski definition) is 1. The van der Waals surface area contributed by atoms with Crippen molar-refractivity contribution in [2.24, 2.45) is 7.05 Å². The van der Waals surface area contributed by atoms with Crippen LogP contribution in [0.5, 0.6) is 0 Å². The molecule has 3 aromatic rings. The van der Waals surface area contributed by atoms with Crippen molar-refractivity contribution in [3.63, 3.8) is 0 Å². The average molecular weight is 359 g/mol. The normalized spacial score (nSPS) is 12.2. The molecule has 0 unspecified atom stereocenters. The quantitative estimate of drug-likeness (QED) is 0.773. The SMILES string of the molecule is C[C@@H](NC(=O)c1cn(C)c2ccc(F)cc2c1=O)c1ccc(Cl)cc1. The van der Waals surface area contributed by atoms with Crippen molar-refractivity contribution in [1.29, 1.82) is 0 Å². The highest BCUT2D eigenvalue weighted by molar-refractivity contribution is 6.30. The van der Waals surface area contributed by atoms with Crippen LogP contribution in [0.4, 0.5) is 4.39 Å². The highest BCUT2D eigenvalue weighted by Gasteiger charge is 2.17. The molecule has 0 saturated heterocycles. The molecule has 128 valence electrons. The Morgan fingerprint density at radius 3 is 2.56 bits per heavy atom. The van der Waals surface area contributed by atoms with Gasteiger partial charge in [-0.15, -0.1) is 0 Å². The molecule has 0 spiro atoms. The summed E-state index contributed by atoms with van der Waals surface area (Å²) in [7, 11) is 1.71. The van der Waals surface area contributed by atoms with E-state index in [0.29, 0.717) is 10.5 Å². The molecule has 0 aliphatic rings. The molecule has 0 aliphatic carbocycles. The molecular weight excluding hydrogens is 343 g/mol. The Bertz CT molecular complexity index is 1010. The Morgan fingerprint density at radius 2 is 1.88 bits per heavy atom. The third-order valence-electron chi connectivity index (χ3n) is 4.11. The molecule has 1 N–H and O–H groups in total. The number of carbonyl (C=O) groups is 1. The summed E-state index contributed by atoms with van der Waals surface area (Å²) in [5.74, 6) is -1.02. The first-order valence-corrected chi connectivity index (χ1v) is 8.10. The molecule has 4 nitrogen and oxygen atoms in total. The lowest BCUT2D eigenvalue weighted by atomic mass is 10.1. The van der Waals surface area contributed by atoms with Crippen LogP contribution in [-0.4, -0.2) is 10.5 Å². The van der Waals surface area contributed by atoms with Gasteiger partial charge in [0.2, 0.25) is 5.43 Å². The van der Waals surface area contributed by atoms with E-state index in [2.05, 4.69) is 5.32 Å². The molecule has 6 heteroatoms. The third-order valence-corrected chi connectivity index (χ3v) is 4.36. The minimum Gasteiger partial charge on any atom is -0.350 e. The van der Waals surface area contributed by atoms with Crippen molar-refractivity contribution in [2.75, 3.05) is 0 Å². The standard InChI is InChI=1S/C19H16ClFN2O2/c1-11(12-3-5-13(20)6-4-12)22-19(25)16-10-23(2)17-8-7-14(21)9-15(17)18(16)24/h3-11H,1-2H3,(H,22,25)/t11-/m1/s1. The summed E-state index contributed by atoms with van der Waals surface area (Å²) in [6.45, 7) is 1.81. The summed E-state index contributed by atoms with van der Waals surface area (Å²) in [6.07, 6.45) is 1.46. The summed E-state index contributed by atoms with van der Waals surface area (Å²) in [5.41, 5.74) is 0.907. The van der Waals surface area contributed by atoms with E-state index in [-0.39, 0.29) is 17.0 Å². The Kier molecular flexibility index (Phi) is 4.59. The van der Waals surface area contributed by atoms with E-state index < -0.39 is 17.2 Å². The van der Waals surface area contributed by atoms with Gasteiger partial charge in [0.05, 0.1) is 11.6 Å². The lowest BCUT2D eigenvalue weighted by molar-refractivity contribution is 0.0938. The second kappa shape index (κ2) is 6.69. The number of halogens is 2. The molecule has 0 saturated carbocycles. The van der Waals surface area contributed by atoms with E-state index in [1.165, 1.54) is 18.3 Å². The topological polar surface area (TPSA) is 51.1 Å². The molecule has 2 aromatic carbocycles. The molecule has 0 aliphatic heterocycles. The van der Waals surface area contributed by atoms with Crippen LogP contribution in [0.15, 0.2) is 53.5 Å². The van der Waals surface area contributed by atoms with Crippen molar-refractivity contribution in [2.45, 2.75) is 13.0 Å². The van der Waals surface area contributed by atoms with E-state index >= 15 is 0 Å². The van der Waals surface area contributed by atoms with Gasteiger partial charge in [0, 0.05) is 23.7 Å². The van der Waals surface area contributed by atoms with Crippen LogP contribution in [0, 0.1) is 5.82 Å². The smallest absolute Gasteiger partial charge is 0.257 e. The van der Waals surface area contributed by atoms with Crippen LogP contribution >= 0.6 is 11.6 Å². The summed E-state index contributed by atoms with van der Waals surface area (Å²) in [4.78, 5) is 25.1. The minimum atomic E-state index is -0.517. The molecule has 25 heavy (non-hydrogen) atoms. The fourth-order valence-corrected chi connectivity index (χ4v) is 2.86. The van der Waals surface area contributed by atoms with E-state index in [1.54, 1.807) is 35.9 Å². The van der Waals surface area contributed by atoms with Crippen molar-refractivity contribution >= 4 is 28.4 Å². The fraction of sp³-hybridized carbons (Fsp3) is 0.158. The first kappa shape index (κ1) is 17.2. The van der Waals surface area contributed by atoms with Crippen molar-refractivity contribution < 1.29 is 9.18 Å². The Morgan fingerprint density at radius 1 is 1.20 bits per heavy atom. The number of nitrogens with zero attached hydrogens (tertiary/aromatic N) is 1. The van der Waals surface area contributed by atoms with E-state index in [0.717, 1.165) is 11.6 Å².